The second kappa shape index (κ2) is 3.67. The number of allylic oxidation sites excluding steroid dienone is 1. The Morgan fingerprint density at radius 1 is 1.62 bits per heavy atom. The van der Waals surface area contributed by atoms with Crippen LogP contribution >= 0.6 is 0 Å². The number of hydrogen-bond acceptors (Lipinski definition) is 1. The van der Waals surface area contributed by atoms with Gasteiger partial charge in [0.1, 0.15) is 0 Å². The lowest BCUT2D eigenvalue weighted by Gasteiger charge is -2.11. The summed E-state index contributed by atoms with van der Waals surface area (Å²) in [6.45, 7) is 7.93. The maximum atomic E-state index is 8.59. The maximum Gasteiger partial charge on any atom is 0.0462 e. The lowest BCUT2D eigenvalue weighted by Crippen LogP contribution is -2.08. The highest BCUT2D eigenvalue weighted by atomic mass is 16.3. The van der Waals surface area contributed by atoms with Gasteiger partial charge >= 0.3 is 0 Å². The molecule has 0 radical (unpaired) electrons. The zero-order chi connectivity index (χ0) is 6.57. The van der Waals surface area contributed by atoms with Crippen LogP contribution in [0.4, 0.5) is 0 Å². The number of aliphatic hydroxyl groups is 1. The summed E-state index contributed by atoms with van der Waals surface area (Å²) < 4.78 is 0. The van der Waals surface area contributed by atoms with E-state index in [1.807, 2.05) is 19.9 Å². The zero-order valence-electron chi connectivity index (χ0n) is 5.59. The molecule has 1 heteroatoms. The lowest BCUT2D eigenvalue weighted by atomic mass is 9.97. The van der Waals surface area contributed by atoms with E-state index in [0.29, 0.717) is 11.8 Å². The topological polar surface area (TPSA) is 20.2 Å². The Kier molecular flexibility index (Phi) is 3.53. The zero-order valence-corrected chi connectivity index (χ0v) is 5.59. The summed E-state index contributed by atoms with van der Waals surface area (Å²) in [5.41, 5.74) is 0. The van der Waals surface area contributed by atoms with Gasteiger partial charge in [-0.1, -0.05) is 19.9 Å². The van der Waals surface area contributed by atoms with E-state index in [-0.39, 0.29) is 6.61 Å². The molecule has 8 heavy (non-hydrogen) atoms. The number of hydrogen-bond donors (Lipinski definition) is 1. The third-order valence-electron chi connectivity index (χ3n) is 1.56. The summed E-state index contributed by atoms with van der Waals surface area (Å²) in [4.78, 5) is 0. The summed E-state index contributed by atoms with van der Waals surface area (Å²) in [7, 11) is 0. The van der Waals surface area contributed by atoms with Gasteiger partial charge in [-0.15, -0.1) is 6.58 Å². The summed E-state index contributed by atoms with van der Waals surface area (Å²) >= 11 is 0. The smallest absolute Gasteiger partial charge is 0.0462 e. The molecule has 0 saturated heterocycles. The average Bonchev–Trinajstić information content (AvgIpc) is 1.84. The van der Waals surface area contributed by atoms with Gasteiger partial charge in [0.15, 0.2) is 0 Å². The van der Waals surface area contributed by atoms with Crippen molar-refractivity contribution in [2.45, 2.75) is 13.8 Å². The fourth-order valence-corrected chi connectivity index (χ4v) is 0.399. The second-order valence-electron chi connectivity index (χ2n) is 2.25. The molecule has 0 aliphatic rings. The normalized spacial score (nSPS) is 17.4. The molecule has 0 fully saturated rings. The fraction of sp³-hybridized carbons (Fsp3) is 0.714. The SMILES string of the molecule is C=C[C@H](C)[C@H](C)CO. The molecule has 0 aliphatic heterocycles. The van der Waals surface area contributed by atoms with Gasteiger partial charge in [0, 0.05) is 6.61 Å². The van der Waals surface area contributed by atoms with E-state index >= 15 is 0 Å². The van der Waals surface area contributed by atoms with Crippen molar-refractivity contribution in [3.63, 3.8) is 0 Å². The van der Waals surface area contributed by atoms with Crippen molar-refractivity contribution in [2.24, 2.45) is 11.8 Å². The third-order valence-corrected chi connectivity index (χ3v) is 1.56. The van der Waals surface area contributed by atoms with Crippen LogP contribution in [0.5, 0.6) is 0 Å². The van der Waals surface area contributed by atoms with E-state index in [1.54, 1.807) is 0 Å². The van der Waals surface area contributed by atoms with Gasteiger partial charge in [0.25, 0.3) is 0 Å². The third kappa shape index (κ3) is 2.12. The first-order chi connectivity index (χ1) is 3.72. The Bertz CT molecular complexity index is 68.8. The van der Waals surface area contributed by atoms with Crippen LogP contribution < -0.4 is 0 Å². The highest BCUT2D eigenvalue weighted by molar-refractivity contribution is 4.78. The van der Waals surface area contributed by atoms with Crippen molar-refractivity contribution in [3.8, 4) is 0 Å². The van der Waals surface area contributed by atoms with E-state index in [1.165, 1.54) is 0 Å². The first-order valence-corrected chi connectivity index (χ1v) is 2.95. The van der Waals surface area contributed by atoms with Crippen LogP contribution in [0.1, 0.15) is 13.8 Å². The predicted octanol–water partition coefficient (Wildman–Crippen LogP) is 1.44. The molecule has 0 saturated carbocycles. The molecular weight excluding hydrogens is 100 g/mol. The molecule has 1 nitrogen and oxygen atoms in total. The van der Waals surface area contributed by atoms with Gasteiger partial charge in [0.05, 0.1) is 0 Å². The van der Waals surface area contributed by atoms with E-state index in [4.69, 9.17) is 5.11 Å². The molecule has 0 unspecified atom stereocenters. The lowest BCUT2D eigenvalue weighted by molar-refractivity contribution is 0.213. The van der Waals surface area contributed by atoms with Crippen molar-refractivity contribution in [3.05, 3.63) is 12.7 Å². The van der Waals surface area contributed by atoms with Crippen molar-refractivity contribution in [1.82, 2.24) is 0 Å². The monoisotopic (exact) mass is 114 g/mol. The average molecular weight is 114 g/mol. The molecule has 1 N–H and O–H groups in total. The molecule has 0 aromatic heterocycles. The molecule has 0 bridgehead atoms. The van der Waals surface area contributed by atoms with E-state index in [9.17, 15) is 0 Å². The Hall–Kier alpha value is -0.300. The van der Waals surface area contributed by atoms with E-state index in [0.717, 1.165) is 0 Å². The highest BCUT2D eigenvalue weighted by Crippen LogP contribution is 2.09. The number of rotatable bonds is 3. The molecular formula is C7H14O. The Morgan fingerprint density at radius 3 is 2.25 bits per heavy atom. The van der Waals surface area contributed by atoms with Crippen LogP contribution in [-0.4, -0.2) is 11.7 Å². The molecule has 0 heterocycles. The molecule has 0 aliphatic carbocycles. The number of aliphatic hydroxyl groups excluding tert-OH is 1. The molecule has 0 rings (SSSR count). The van der Waals surface area contributed by atoms with Crippen molar-refractivity contribution >= 4 is 0 Å². The minimum Gasteiger partial charge on any atom is -0.396 e. The largest absolute Gasteiger partial charge is 0.396 e. The highest BCUT2D eigenvalue weighted by Gasteiger charge is 2.04. The Labute approximate surface area is 51.0 Å². The van der Waals surface area contributed by atoms with Crippen LogP contribution in [-0.2, 0) is 0 Å². The standard InChI is InChI=1S/C7H14O/c1-4-6(2)7(3)5-8/h4,6-8H,1,5H2,2-3H3/t6-,7+/m0/s1. The van der Waals surface area contributed by atoms with Crippen LogP contribution in [0.2, 0.25) is 0 Å². The molecule has 0 aromatic rings. The van der Waals surface area contributed by atoms with Gasteiger partial charge in [-0.2, -0.15) is 0 Å². The first kappa shape index (κ1) is 7.70. The molecule has 0 aromatic carbocycles. The van der Waals surface area contributed by atoms with Crippen molar-refractivity contribution in [1.29, 1.82) is 0 Å². The maximum absolute atomic E-state index is 8.59. The van der Waals surface area contributed by atoms with Crippen LogP contribution in [0.25, 0.3) is 0 Å². The van der Waals surface area contributed by atoms with Crippen LogP contribution in [0.3, 0.4) is 0 Å². The minimum absolute atomic E-state index is 0.257. The quantitative estimate of drug-likeness (QED) is 0.550. The van der Waals surface area contributed by atoms with Gasteiger partial charge in [-0.3, -0.25) is 0 Å². The van der Waals surface area contributed by atoms with E-state index in [2.05, 4.69) is 6.58 Å². The molecule has 0 amide bonds. The predicted molar refractivity (Wildman–Crippen MR) is 35.6 cm³/mol. The Balaban J connectivity index is 3.44. The minimum atomic E-state index is 0.257. The van der Waals surface area contributed by atoms with Gasteiger partial charge in [0.2, 0.25) is 0 Å². The molecule has 2 atom stereocenters. The summed E-state index contributed by atoms with van der Waals surface area (Å²) in [6, 6.07) is 0. The second-order valence-corrected chi connectivity index (χ2v) is 2.25. The Morgan fingerprint density at radius 2 is 2.12 bits per heavy atom. The van der Waals surface area contributed by atoms with Crippen LogP contribution in [0, 0.1) is 11.8 Å². The summed E-state index contributed by atoms with van der Waals surface area (Å²) in [6.07, 6.45) is 1.86. The molecule has 0 spiro atoms. The van der Waals surface area contributed by atoms with Crippen molar-refractivity contribution in [2.75, 3.05) is 6.61 Å². The summed E-state index contributed by atoms with van der Waals surface area (Å²) in [5.74, 6) is 0.785. The van der Waals surface area contributed by atoms with Crippen LogP contribution in [0.15, 0.2) is 12.7 Å². The van der Waals surface area contributed by atoms with Gasteiger partial charge in [-0.25, -0.2) is 0 Å². The van der Waals surface area contributed by atoms with Crippen molar-refractivity contribution < 1.29 is 5.11 Å². The first-order valence-electron chi connectivity index (χ1n) is 2.95. The fourth-order valence-electron chi connectivity index (χ4n) is 0.399. The molecule has 48 valence electrons. The summed E-state index contributed by atoms with van der Waals surface area (Å²) in [5, 5.41) is 8.59. The van der Waals surface area contributed by atoms with Gasteiger partial charge in [-0.05, 0) is 11.8 Å². The van der Waals surface area contributed by atoms with Gasteiger partial charge < -0.3 is 5.11 Å². The van der Waals surface area contributed by atoms with E-state index < -0.39 is 0 Å².